The fourth-order valence-electron chi connectivity index (χ4n) is 3.26. The van der Waals surface area contributed by atoms with Crippen molar-refractivity contribution in [2.75, 3.05) is 11.4 Å². The average molecular weight is 412 g/mol. The summed E-state index contributed by atoms with van der Waals surface area (Å²) in [5, 5.41) is 8.91. The minimum Gasteiger partial charge on any atom is -0.452 e. The zero-order chi connectivity index (χ0) is 22.1. The van der Waals surface area contributed by atoms with Crippen LogP contribution in [0.25, 0.3) is 11.1 Å². The summed E-state index contributed by atoms with van der Waals surface area (Å²) in [5.74, 6) is -0.823. The summed E-state index contributed by atoms with van der Waals surface area (Å²) < 4.78 is 5.40. The molecule has 31 heavy (non-hydrogen) atoms. The molecule has 0 aliphatic heterocycles. The number of para-hydroxylation sites is 1. The molecule has 0 saturated carbocycles. The standard InChI is InChI=1S/C26H24N2O3/c1-20(26(30)28(18-8-17-27)24-11-6-3-7-12-24)31-25(29)19-21-13-15-23(16-14-21)22-9-4-2-5-10-22/h2-7,9-16,20H,8,18-19H2,1H3. The summed E-state index contributed by atoms with van der Waals surface area (Å²) in [6.45, 7) is 1.79. The van der Waals surface area contributed by atoms with Crippen LogP contribution in [-0.2, 0) is 20.7 Å². The molecule has 0 aliphatic rings. The third-order valence-electron chi connectivity index (χ3n) is 4.85. The molecule has 5 heteroatoms. The molecule has 1 amide bonds. The zero-order valence-corrected chi connectivity index (χ0v) is 17.4. The van der Waals surface area contributed by atoms with Gasteiger partial charge in [-0.3, -0.25) is 9.59 Å². The van der Waals surface area contributed by atoms with E-state index >= 15 is 0 Å². The van der Waals surface area contributed by atoms with Crippen LogP contribution < -0.4 is 4.90 Å². The first-order valence-electron chi connectivity index (χ1n) is 10.2. The molecule has 156 valence electrons. The topological polar surface area (TPSA) is 70.4 Å². The molecule has 1 atom stereocenters. The molecule has 0 bridgehead atoms. The van der Waals surface area contributed by atoms with Crippen LogP contribution in [0.4, 0.5) is 5.69 Å². The highest BCUT2D eigenvalue weighted by Gasteiger charge is 2.25. The van der Waals surface area contributed by atoms with Gasteiger partial charge in [-0.05, 0) is 35.7 Å². The molecule has 3 aromatic rings. The second-order valence-corrected chi connectivity index (χ2v) is 7.11. The molecule has 0 spiro atoms. The van der Waals surface area contributed by atoms with E-state index in [2.05, 4.69) is 0 Å². The summed E-state index contributed by atoms with van der Waals surface area (Å²) in [7, 11) is 0. The van der Waals surface area contributed by atoms with Crippen molar-refractivity contribution in [1.82, 2.24) is 0 Å². The summed E-state index contributed by atoms with van der Waals surface area (Å²) in [5.41, 5.74) is 3.65. The number of nitriles is 1. The lowest BCUT2D eigenvalue weighted by Gasteiger charge is -2.25. The minimum absolute atomic E-state index is 0.0796. The second kappa shape index (κ2) is 10.7. The van der Waals surface area contributed by atoms with Crippen molar-refractivity contribution in [3.8, 4) is 17.2 Å². The van der Waals surface area contributed by atoms with E-state index in [1.807, 2.05) is 78.9 Å². The number of esters is 1. The number of carbonyl (C=O) groups excluding carboxylic acids is 2. The Hall–Kier alpha value is -3.91. The van der Waals surface area contributed by atoms with Gasteiger partial charge in [-0.1, -0.05) is 72.8 Å². The molecular formula is C26H24N2O3. The van der Waals surface area contributed by atoms with E-state index in [-0.39, 0.29) is 25.3 Å². The van der Waals surface area contributed by atoms with Gasteiger partial charge < -0.3 is 9.64 Å². The first-order valence-corrected chi connectivity index (χ1v) is 10.2. The molecule has 3 aromatic carbocycles. The van der Waals surface area contributed by atoms with E-state index in [0.29, 0.717) is 5.69 Å². The van der Waals surface area contributed by atoms with Crippen molar-refractivity contribution in [2.45, 2.75) is 25.9 Å². The maximum absolute atomic E-state index is 12.9. The Labute approximate surface area is 182 Å². The Morgan fingerprint density at radius 2 is 1.48 bits per heavy atom. The van der Waals surface area contributed by atoms with Gasteiger partial charge in [0, 0.05) is 12.2 Å². The number of amides is 1. The Balaban J connectivity index is 1.61. The number of hydrogen-bond acceptors (Lipinski definition) is 4. The zero-order valence-electron chi connectivity index (χ0n) is 17.4. The number of rotatable bonds is 8. The summed E-state index contributed by atoms with van der Waals surface area (Å²) in [6, 6.07) is 28.8. The number of carbonyl (C=O) groups is 2. The van der Waals surface area contributed by atoms with E-state index in [9.17, 15) is 9.59 Å². The van der Waals surface area contributed by atoms with Crippen molar-refractivity contribution in [1.29, 1.82) is 5.26 Å². The van der Waals surface area contributed by atoms with Crippen molar-refractivity contribution in [2.24, 2.45) is 0 Å². The van der Waals surface area contributed by atoms with Gasteiger partial charge in [-0.2, -0.15) is 5.26 Å². The Morgan fingerprint density at radius 1 is 0.903 bits per heavy atom. The molecule has 0 radical (unpaired) electrons. The molecule has 1 unspecified atom stereocenters. The SMILES string of the molecule is CC(OC(=O)Cc1ccc(-c2ccccc2)cc1)C(=O)N(CCC#N)c1ccccc1. The lowest BCUT2D eigenvalue weighted by molar-refractivity contribution is -0.153. The minimum atomic E-state index is -0.949. The van der Waals surface area contributed by atoms with Crippen LogP contribution in [0.15, 0.2) is 84.9 Å². The third kappa shape index (κ3) is 6.03. The molecule has 0 aromatic heterocycles. The van der Waals surface area contributed by atoms with Crippen LogP contribution in [0.1, 0.15) is 18.9 Å². The summed E-state index contributed by atoms with van der Waals surface area (Å²) >= 11 is 0. The predicted octanol–water partition coefficient (Wildman–Crippen LogP) is 4.77. The number of ether oxygens (including phenoxy) is 1. The van der Waals surface area contributed by atoms with Gasteiger partial charge >= 0.3 is 5.97 Å². The Bertz CT molecular complexity index is 1040. The van der Waals surface area contributed by atoms with E-state index < -0.39 is 12.1 Å². The molecule has 3 rings (SSSR count). The van der Waals surface area contributed by atoms with Gasteiger partial charge in [0.15, 0.2) is 6.10 Å². The Morgan fingerprint density at radius 3 is 2.10 bits per heavy atom. The maximum atomic E-state index is 12.9. The van der Waals surface area contributed by atoms with Gasteiger partial charge in [0.1, 0.15) is 0 Å². The van der Waals surface area contributed by atoms with Gasteiger partial charge in [0.25, 0.3) is 5.91 Å². The van der Waals surface area contributed by atoms with Crippen LogP contribution in [0, 0.1) is 11.3 Å². The largest absolute Gasteiger partial charge is 0.452 e. The molecule has 5 nitrogen and oxygen atoms in total. The normalized spacial score (nSPS) is 11.2. The maximum Gasteiger partial charge on any atom is 0.311 e. The molecular weight excluding hydrogens is 388 g/mol. The van der Waals surface area contributed by atoms with Gasteiger partial charge in [0.2, 0.25) is 0 Å². The fraction of sp³-hybridized carbons (Fsp3) is 0.192. The summed E-state index contributed by atoms with van der Waals surface area (Å²) in [6.07, 6.45) is -0.680. The monoisotopic (exact) mass is 412 g/mol. The molecule has 0 fully saturated rings. The van der Waals surface area contributed by atoms with Gasteiger partial charge in [-0.25, -0.2) is 0 Å². The average Bonchev–Trinajstić information content (AvgIpc) is 2.81. The van der Waals surface area contributed by atoms with Crippen LogP contribution in [-0.4, -0.2) is 24.5 Å². The van der Waals surface area contributed by atoms with E-state index in [1.54, 1.807) is 19.1 Å². The van der Waals surface area contributed by atoms with Crippen molar-refractivity contribution < 1.29 is 14.3 Å². The quantitative estimate of drug-likeness (QED) is 0.500. The molecule has 0 heterocycles. The molecule has 0 saturated heterocycles. The Kier molecular flexibility index (Phi) is 7.56. The van der Waals surface area contributed by atoms with E-state index in [0.717, 1.165) is 16.7 Å². The third-order valence-corrected chi connectivity index (χ3v) is 4.85. The highest BCUT2D eigenvalue weighted by Crippen LogP contribution is 2.20. The fourth-order valence-corrected chi connectivity index (χ4v) is 3.26. The second-order valence-electron chi connectivity index (χ2n) is 7.11. The van der Waals surface area contributed by atoms with Crippen molar-refractivity contribution in [3.05, 3.63) is 90.5 Å². The van der Waals surface area contributed by atoms with Crippen LogP contribution in [0.3, 0.4) is 0 Å². The molecule has 0 N–H and O–H groups in total. The highest BCUT2D eigenvalue weighted by atomic mass is 16.5. The molecule has 0 aliphatic carbocycles. The van der Waals surface area contributed by atoms with E-state index in [1.165, 1.54) is 4.90 Å². The van der Waals surface area contributed by atoms with Gasteiger partial charge in [0.05, 0.1) is 18.9 Å². The number of hydrogen-bond donors (Lipinski definition) is 0. The number of benzene rings is 3. The smallest absolute Gasteiger partial charge is 0.311 e. The van der Waals surface area contributed by atoms with Crippen LogP contribution >= 0.6 is 0 Å². The first kappa shape index (κ1) is 21.8. The predicted molar refractivity (Wildman–Crippen MR) is 120 cm³/mol. The number of anilines is 1. The highest BCUT2D eigenvalue weighted by molar-refractivity contribution is 5.97. The van der Waals surface area contributed by atoms with Crippen LogP contribution in [0.5, 0.6) is 0 Å². The lowest BCUT2D eigenvalue weighted by Crippen LogP contribution is -2.40. The van der Waals surface area contributed by atoms with Crippen molar-refractivity contribution in [3.63, 3.8) is 0 Å². The lowest BCUT2D eigenvalue weighted by atomic mass is 10.0. The van der Waals surface area contributed by atoms with Gasteiger partial charge in [-0.15, -0.1) is 0 Å². The van der Waals surface area contributed by atoms with Crippen molar-refractivity contribution >= 4 is 17.6 Å². The van der Waals surface area contributed by atoms with Crippen LogP contribution in [0.2, 0.25) is 0 Å². The van der Waals surface area contributed by atoms with E-state index in [4.69, 9.17) is 10.00 Å². The number of nitrogens with zero attached hydrogens (tertiary/aromatic N) is 2. The first-order chi connectivity index (χ1) is 15.1. The summed E-state index contributed by atoms with van der Waals surface area (Å²) in [4.78, 5) is 26.8.